The largest absolute Gasteiger partial charge is 0.288 e. The monoisotopic (exact) mass is 451 g/mol. The zero-order chi connectivity index (χ0) is 24.3. The van der Waals surface area contributed by atoms with Gasteiger partial charge in [-0.15, -0.1) is 0 Å². The normalized spacial score (nSPS) is 18.5. The topological polar surface area (TPSA) is 12.4 Å². The van der Waals surface area contributed by atoms with Gasteiger partial charge in [0.1, 0.15) is 0 Å². The van der Waals surface area contributed by atoms with Gasteiger partial charge in [-0.25, -0.2) is 0 Å². The molecule has 0 radical (unpaired) electrons. The smallest absolute Gasteiger partial charge is 0.0489 e. The molecular weight excluding hydrogens is 410 g/mol. The third-order valence-electron chi connectivity index (χ3n) is 9.09. The number of hydrogen-bond donors (Lipinski definition) is 0. The number of benzene rings is 3. The van der Waals surface area contributed by atoms with Crippen LogP contribution in [0.25, 0.3) is 10.8 Å². The molecule has 34 heavy (non-hydrogen) atoms. The summed E-state index contributed by atoms with van der Waals surface area (Å²) in [4.78, 5) is 5.08. The maximum absolute atomic E-state index is 5.08. The second kappa shape index (κ2) is 8.36. The van der Waals surface area contributed by atoms with Crippen LogP contribution in [-0.4, -0.2) is 12.3 Å². The Morgan fingerprint density at radius 2 is 1.71 bits per heavy atom. The first-order chi connectivity index (χ1) is 16.2. The molecule has 5 rings (SSSR count). The van der Waals surface area contributed by atoms with Crippen LogP contribution in [0.1, 0.15) is 112 Å². The first kappa shape index (κ1) is 23.3. The van der Waals surface area contributed by atoms with Crippen LogP contribution in [0.3, 0.4) is 0 Å². The zero-order valence-corrected chi connectivity index (χ0v) is 22.3. The Morgan fingerprint density at radius 1 is 0.941 bits per heavy atom. The summed E-state index contributed by atoms with van der Waals surface area (Å²) in [5.41, 5.74) is 10.4. The maximum atomic E-state index is 5.08. The molecule has 1 fully saturated rings. The van der Waals surface area contributed by atoms with Crippen LogP contribution in [0.4, 0.5) is 0 Å². The Bertz CT molecular complexity index is 1270. The van der Waals surface area contributed by atoms with Crippen molar-refractivity contribution in [3.8, 4) is 0 Å². The van der Waals surface area contributed by atoms with Gasteiger partial charge in [-0.3, -0.25) is 4.99 Å². The summed E-state index contributed by atoms with van der Waals surface area (Å²) in [5, 5.41) is 3.05. The van der Waals surface area contributed by atoms with E-state index in [9.17, 15) is 0 Å². The van der Waals surface area contributed by atoms with Crippen molar-refractivity contribution in [3.63, 3.8) is 0 Å². The Morgan fingerprint density at radius 3 is 2.38 bits per heavy atom. The molecule has 0 N–H and O–H groups in total. The highest BCUT2D eigenvalue weighted by Crippen LogP contribution is 2.54. The molecule has 1 heterocycles. The van der Waals surface area contributed by atoms with Gasteiger partial charge in [0.05, 0.1) is 0 Å². The van der Waals surface area contributed by atoms with Crippen molar-refractivity contribution in [3.05, 3.63) is 81.9 Å². The van der Waals surface area contributed by atoms with E-state index in [1.807, 2.05) is 0 Å². The number of aliphatic imine (C=N–C) groups is 1. The third kappa shape index (κ3) is 3.82. The van der Waals surface area contributed by atoms with Crippen LogP contribution < -0.4 is 0 Å². The first-order valence-electron chi connectivity index (χ1n) is 13.4. The van der Waals surface area contributed by atoms with Crippen molar-refractivity contribution >= 4 is 16.5 Å². The fourth-order valence-corrected chi connectivity index (χ4v) is 6.22. The van der Waals surface area contributed by atoms with Crippen molar-refractivity contribution in [1.82, 2.24) is 0 Å². The van der Waals surface area contributed by atoms with Gasteiger partial charge in [0.25, 0.3) is 0 Å². The Kier molecular flexibility index (Phi) is 5.74. The van der Waals surface area contributed by atoms with E-state index in [-0.39, 0.29) is 10.8 Å². The van der Waals surface area contributed by atoms with E-state index >= 15 is 0 Å². The summed E-state index contributed by atoms with van der Waals surface area (Å²) < 4.78 is 0. The number of nitrogens with zero attached hydrogens (tertiary/aromatic N) is 1. The van der Waals surface area contributed by atoms with Gasteiger partial charge in [-0.05, 0) is 89.8 Å². The van der Waals surface area contributed by atoms with Crippen molar-refractivity contribution in [2.75, 3.05) is 6.54 Å². The van der Waals surface area contributed by atoms with E-state index in [4.69, 9.17) is 4.99 Å². The highest BCUT2D eigenvalue weighted by atomic mass is 14.8. The molecule has 1 nitrogen and oxygen atoms in total. The van der Waals surface area contributed by atoms with E-state index in [1.54, 1.807) is 5.56 Å². The second-order valence-corrected chi connectivity index (χ2v) is 12.0. The standard InChI is InChI=1S/C33H41N/c1-8-32(6,7)28-14-13-27-24(5)34-20-33(16-17-33)29-15-12-26(30(28)31(27)29)23(4)19-22(3)25-11-9-10-21(2)18-25/h9-15,18,22-23H,8,16-17,19-20H2,1-7H3. The summed E-state index contributed by atoms with van der Waals surface area (Å²) >= 11 is 0. The summed E-state index contributed by atoms with van der Waals surface area (Å²) in [6.07, 6.45) is 4.85. The summed E-state index contributed by atoms with van der Waals surface area (Å²) in [5.74, 6) is 1.02. The summed E-state index contributed by atoms with van der Waals surface area (Å²) in [7, 11) is 0. The van der Waals surface area contributed by atoms with E-state index in [1.165, 1.54) is 57.1 Å². The van der Waals surface area contributed by atoms with Crippen LogP contribution in [0.5, 0.6) is 0 Å². The highest BCUT2D eigenvalue weighted by molar-refractivity contribution is 6.13. The lowest BCUT2D eigenvalue weighted by atomic mass is 9.74. The number of fused-ring (bicyclic) bond motifs is 1. The van der Waals surface area contributed by atoms with Crippen LogP contribution >= 0.6 is 0 Å². The molecule has 2 atom stereocenters. The average molecular weight is 452 g/mol. The molecule has 0 bridgehead atoms. The lowest BCUT2D eigenvalue weighted by Crippen LogP contribution is -2.19. The summed E-state index contributed by atoms with van der Waals surface area (Å²) in [6, 6.07) is 18.8. The van der Waals surface area contributed by atoms with Gasteiger partial charge in [-0.2, -0.15) is 0 Å². The van der Waals surface area contributed by atoms with E-state index in [0.29, 0.717) is 11.8 Å². The molecular formula is C33H41N. The SMILES string of the molecule is CCC(C)(C)c1ccc2c3c(ccc(C(C)CC(C)c4cccc(C)c4)c13)C1(CC1)CN=C2C. The van der Waals surface area contributed by atoms with Crippen molar-refractivity contribution in [2.45, 2.75) is 96.8 Å². The predicted molar refractivity (Wildman–Crippen MR) is 148 cm³/mol. The molecule has 2 unspecified atom stereocenters. The molecule has 1 aliphatic carbocycles. The van der Waals surface area contributed by atoms with Crippen molar-refractivity contribution < 1.29 is 0 Å². The van der Waals surface area contributed by atoms with E-state index in [0.717, 1.165) is 19.4 Å². The molecule has 1 saturated carbocycles. The molecule has 1 spiro atoms. The summed E-state index contributed by atoms with van der Waals surface area (Å²) in [6.45, 7) is 17.4. The zero-order valence-electron chi connectivity index (χ0n) is 22.3. The fraction of sp³-hybridized carbons (Fsp3) is 0.485. The minimum atomic E-state index is 0.141. The van der Waals surface area contributed by atoms with Gasteiger partial charge in [0.2, 0.25) is 0 Å². The lowest BCUT2D eigenvalue weighted by molar-refractivity contribution is 0.509. The van der Waals surface area contributed by atoms with E-state index < -0.39 is 0 Å². The molecule has 1 heteroatoms. The predicted octanol–water partition coefficient (Wildman–Crippen LogP) is 8.99. The molecule has 0 amide bonds. The first-order valence-corrected chi connectivity index (χ1v) is 13.4. The van der Waals surface area contributed by atoms with Crippen LogP contribution in [0.2, 0.25) is 0 Å². The second-order valence-electron chi connectivity index (χ2n) is 12.0. The molecule has 3 aromatic rings. The molecule has 1 aliphatic heterocycles. The molecule has 0 saturated heterocycles. The van der Waals surface area contributed by atoms with Crippen molar-refractivity contribution in [1.29, 1.82) is 0 Å². The number of aryl methyl sites for hydroxylation is 1. The average Bonchev–Trinajstić information content (AvgIpc) is 3.62. The van der Waals surface area contributed by atoms with Gasteiger partial charge in [-0.1, -0.05) is 88.7 Å². The molecule has 3 aromatic carbocycles. The maximum Gasteiger partial charge on any atom is 0.0489 e. The minimum Gasteiger partial charge on any atom is -0.288 e. The van der Waals surface area contributed by atoms with Gasteiger partial charge in [0.15, 0.2) is 0 Å². The Hall–Kier alpha value is -2.41. The lowest BCUT2D eigenvalue weighted by Gasteiger charge is -2.30. The molecule has 178 valence electrons. The van der Waals surface area contributed by atoms with Crippen LogP contribution in [0.15, 0.2) is 53.5 Å². The molecule has 0 aromatic heterocycles. The minimum absolute atomic E-state index is 0.141. The number of rotatable bonds is 6. The van der Waals surface area contributed by atoms with Crippen LogP contribution in [0, 0.1) is 6.92 Å². The van der Waals surface area contributed by atoms with Gasteiger partial charge >= 0.3 is 0 Å². The van der Waals surface area contributed by atoms with E-state index in [2.05, 4.69) is 97.0 Å². The Balaban J connectivity index is 1.70. The fourth-order valence-electron chi connectivity index (χ4n) is 6.22. The van der Waals surface area contributed by atoms with Crippen molar-refractivity contribution in [2.24, 2.45) is 4.99 Å². The Labute approximate surface area is 206 Å². The van der Waals surface area contributed by atoms with Crippen LogP contribution in [-0.2, 0) is 10.8 Å². The number of hydrogen-bond acceptors (Lipinski definition) is 1. The third-order valence-corrected chi connectivity index (χ3v) is 9.09. The quantitative estimate of drug-likeness (QED) is 0.354. The van der Waals surface area contributed by atoms with Gasteiger partial charge < -0.3 is 0 Å². The highest BCUT2D eigenvalue weighted by Gasteiger charge is 2.47. The van der Waals surface area contributed by atoms with Gasteiger partial charge in [0, 0.05) is 23.2 Å². The molecule has 2 aliphatic rings.